The fourth-order valence-corrected chi connectivity index (χ4v) is 2.58. The first-order chi connectivity index (χ1) is 8.11. The third-order valence-electron chi connectivity index (χ3n) is 1.82. The van der Waals surface area contributed by atoms with E-state index in [-0.39, 0.29) is 5.97 Å². The van der Waals surface area contributed by atoms with Crippen molar-refractivity contribution < 1.29 is 9.53 Å². The van der Waals surface area contributed by atoms with Crippen molar-refractivity contribution in [2.75, 3.05) is 12.2 Å². The number of rotatable bonds is 5. The van der Waals surface area contributed by atoms with Crippen molar-refractivity contribution in [3.05, 3.63) is 39.1 Å². The molecule has 1 aromatic rings. The van der Waals surface area contributed by atoms with Crippen LogP contribution in [0.3, 0.4) is 0 Å². The van der Waals surface area contributed by atoms with Gasteiger partial charge in [0.1, 0.15) is 5.94 Å². The van der Waals surface area contributed by atoms with Gasteiger partial charge in [-0.2, -0.15) is 0 Å². The molecule has 0 fully saturated rings. The first kappa shape index (κ1) is 14.5. The zero-order chi connectivity index (χ0) is 12.7. The Balaban J connectivity index is 2.59. The summed E-state index contributed by atoms with van der Waals surface area (Å²) in [5.74, 6) is 0.0831. The lowest BCUT2D eigenvalue weighted by Crippen LogP contribution is -1.96. The van der Waals surface area contributed by atoms with Gasteiger partial charge in [-0.25, -0.2) is 0 Å². The van der Waals surface area contributed by atoms with Crippen LogP contribution in [0.4, 0.5) is 0 Å². The zero-order valence-corrected chi connectivity index (χ0v) is 12.0. The van der Waals surface area contributed by atoms with Crippen LogP contribution in [0.5, 0.6) is 0 Å². The van der Waals surface area contributed by atoms with Crippen molar-refractivity contribution in [1.29, 1.82) is 0 Å². The smallest absolute Gasteiger partial charge is 0.303 e. The Kier molecular flexibility index (Phi) is 6.55. The van der Waals surface area contributed by atoms with E-state index >= 15 is 0 Å². The molecule has 0 unspecified atom stereocenters. The summed E-state index contributed by atoms with van der Waals surface area (Å²) in [6, 6.07) is 7.60. The maximum atomic E-state index is 10.6. The van der Waals surface area contributed by atoms with Gasteiger partial charge in [-0.1, -0.05) is 35.5 Å². The molecule has 0 saturated carbocycles. The van der Waals surface area contributed by atoms with E-state index in [2.05, 4.69) is 0 Å². The molecule has 0 aliphatic heterocycles. The standard InChI is InChI=1S/C12H13ClO2S2/c1-9(14)15-8-17-12(16-2)7-10-3-5-11(13)6-4-10/h3-7H,8H2,1-2H3/b12-7+. The van der Waals surface area contributed by atoms with Gasteiger partial charge >= 0.3 is 5.97 Å². The van der Waals surface area contributed by atoms with E-state index in [1.54, 1.807) is 11.8 Å². The van der Waals surface area contributed by atoms with Crippen LogP contribution in [0, 0.1) is 0 Å². The molecule has 2 nitrogen and oxygen atoms in total. The van der Waals surface area contributed by atoms with Gasteiger partial charge in [0.25, 0.3) is 0 Å². The number of thioether (sulfide) groups is 2. The van der Waals surface area contributed by atoms with Crippen LogP contribution >= 0.6 is 35.1 Å². The van der Waals surface area contributed by atoms with E-state index in [0.29, 0.717) is 5.94 Å². The molecule has 1 aromatic carbocycles. The number of hydrogen-bond donors (Lipinski definition) is 0. The second kappa shape index (κ2) is 7.69. The molecular weight excluding hydrogens is 276 g/mol. The molecule has 0 radical (unpaired) electrons. The molecule has 0 saturated heterocycles. The van der Waals surface area contributed by atoms with Crippen LogP contribution in [0.25, 0.3) is 6.08 Å². The Morgan fingerprint density at radius 2 is 2.06 bits per heavy atom. The van der Waals surface area contributed by atoms with Gasteiger partial charge in [-0.05, 0) is 30.0 Å². The normalized spacial score (nSPS) is 11.4. The predicted molar refractivity (Wildman–Crippen MR) is 77.2 cm³/mol. The van der Waals surface area contributed by atoms with Gasteiger partial charge in [0, 0.05) is 16.2 Å². The summed E-state index contributed by atoms with van der Waals surface area (Å²) in [5, 5.41) is 0.723. The summed E-state index contributed by atoms with van der Waals surface area (Å²) in [7, 11) is 0. The van der Waals surface area contributed by atoms with Crippen molar-refractivity contribution in [1.82, 2.24) is 0 Å². The molecule has 0 N–H and O–H groups in total. The highest BCUT2D eigenvalue weighted by Gasteiger charge is 1.99. The third kappa shape index (κ3) is 6.05. The topological polar surface area (TPSA) is 26.3 Å². The third-order valence-corrected chi connectivity index (χ3v) is 4.08. The number of carbonyl (C=O) groups excluding carboxylic acids is 1. The lowest BCUT2D eigenvalue weighted by molar-refractivity contribution is -0.138. The Bertz CT molecular complexity index is 401. The van der Waals surface area contributed by atoms with Crippen LogP contribution in [-0.4, -0.2) is 18.2 Å². The molecule has 0 aromatic heterocycles. The first-order valence-electron chi connectivity index (χ1n) is 4.89. The average Bonchev–Trinajstić information content (AvgIpc) is 2.30. The average molecular weight is 289 g/mol. The summed E-state index contributed by atoms with van der Waals surface area (Å²) in [4.78, 5) is 10.6. The van der Waals surface area contributed by atoms with Gasteiger partial charge < -0.3 is 4.74 Å². The predicted octanol–water partition coefficient (Wildman–Crippen LogP) is 4.26. The van der Waals surface area contributed by atoms with Gasteiger partial charge in [0.2, 0.25) is 0 Å². The van der Waals surface area contributed by atoms with Crippen LogP contribution in [0.1, 0.15) is 12.5 Å². The molecule has 0 amide bonds. The van der Waals surface area contributed by atoms with E-state index in [0.717, 1.165) is 14.8 Å². The van der Waals surface area contributed by atoms with Gasteiger partial charge in [0.15, 0.2) is 0 Å². The van der Waals surface area contributed by atoms with Crippen LogP contribution < -0.4 is 0 Å². The molecule has 0 aliphatic rings. The summed E-state index contributed by atoms with van der Waals surface area (Å²) < 4.78 is 5.97. The lowest BCUT2D eigenvalue weighted by atomic mass is 10.2. The maximum absolute atomic E-state index is 10.6. The molecule has 1 rings (SSSR count). The molecule has 0 spiro atoms. The monoisotopic (exact) mass is 288 g/mol. The highest BCUT2D eigenvalue weighted by molar-refractivity contribution is 8.22. The minimum atomic E-state index is -0.260. The minimum Gasteiger partial charge on any atom is -0.454 e. The van der Waals surface area contributed by atoms with Gasteiger partial charge in [-0.3, -0.25) is 4.79 Å². The number of esters is 1. The van der Waals surface area contributed by atoms with Gasteiger partial charge in [0.05, 0.1) is 0 Å². The maximum Gasteiger partial charge on any atom is 0.303 e. The Labute approximate surface area is 115 Å². The van der Waals surface area contributed by atoms with Crippen LogP contribution in [0.2, 0.25) is 5.02 Å². The molecule has 0 atom stereocenters. The molecular formula is C12H13ClO2S2. The van der Waals surface area contributed by atoms with E-state index in [1.165, 1.54) is 18.7 Å². The Morgan fingerprint density at radius 3 is 2.59 bits per heavy atom. The number of carbonyl (C=O) groups is 1. The van der Waals surface area contributed by atoms with Crippen molar-refractivity contribution in [2.24, 2.45) is 0 Å². The molecule has 92 valence electrons. The van der Waals surface area contributed by atoms with Crippen molar-refractivity contribution in [3.63, 3.8) is 0 Å². The second-order valence-electron chi connectivity index (χ2n) is 3.12. The molecule has 0 heterocycles. The molecule has 0 aliphatic carbocycles. The van der Waals surface area contributed by atoms with Crippen molar-refractivity contribution in [2.45, 2.75) is 6.92 Å². The largest absolute Gasteiger partial charge is 0.454 e. The number of benzene rings is 1. The van der Waals surface area contributed by atoms with E-state index < -0.39 is 0 Å². The molecule has 17 heavy (non-hydrogen) atoms. The molecule has 5 heteroatoms. The molecule has 0 bridgehead atoms. The van der Waals surface area contributed by atoms with Gasteiger partial charge in [-0.15, -0.1) is 11.8 Å². The second-order valence-corrected chi connectivity index (χ2v) is 5.62. The fourth-order valence-electron chi connectivity index (χ4n) is 1.03. The van der Waals surface area contributed by atoms with Crippen LogP contribution in [0.15, 0.2) is 28.5 Å². The number of ether oxygens (including phenoxy) is 1. The Morgan fingerprint density at radius 1 is 1.41 bits per heavy atom. The highest BCUT2D eigenvalue weighted by atomic mass is 35.5. The summed E-state index contributed by atoms with van der Waals surface area (Å²) in [5.41, 5.74) is 1.08. The van der Waals surface area contributed by atoms with E-state index in [9.17, 15) is 4.79 Å². The Hall–Kier alpha value is -0.580. The first-order valence-corrected chi connectivity index (χ1v) is 7.48. The summed E-state index contributed by atoms with van der Waals surface area (Å²) in [6.45, 7) is 1.40. The number of hydrogen-bond acceptors (Lipinski definition) is 4. The quantitative estimate of drug-likeness (QED) is 0.597. The minimum absolute atomic E-state index is 0.260. The zero-order valence-electron chi connectivity index (χ0n) is 9.60. The summed E-state index contributed by atoms with van der Waals surface area (Å²) in [6.07, 6.45) is 4.03. The lowest BCUT2D eigenvalue weighted by Gasteiger charge is -2.04. The van der Waals surface area contributed by atoms with E-state index in [1.807, 2.05) is 36.6 Å². The van der Waals surface area contributed by atoms with Crippen LogP contribution in [-0.2, 0) is 9.53 Å². The SMILES string of the molecule is CS/C(=C\c1ccc(Cl)cc1)SCOC(C)=O. The van der Waals surface area contributed by atoms with Crippen molar-refractivity contribution in [3.8, 4) is 0 Å². The summed E-state index contributed by atoms with van der Waals surface area (Å²) >= 11 is 8.93. The highest BCUT2D eigenvalue weighted by Crippen LogP contribution is 2.28. The fraction of sp³-hybridized carbons (Fsp3) is 0.250. The number of halogens is 1. The van der Waals surface area contributed by atoms with Crippen molar-refractivity contribution >= 4 is 47.2 Å². The van der Waals surface area contributed by atoms with E-state index in [4.69, 9.17) is 16.3 Å².